The van der Waals surface area contributed by atoms with Crippen LogP contribution in [0.1, 0.15) is 19.3 Å². The lowest BCUT2D eigenvalue weighted by Gasteiger charge is -2.36. The van der Waals surface area contributed by atoms with Gasteiger partial charge in [-0.05, 0) is 43.5 Å². The zero-order chi connectivity index (χ0) is 17.6. The summed E-state index contributed by atoms with van der Waals surface area (Å²) in [6, 6.07) is 5.91. The number of quaternary nitrogens is 1. The van der Waals surface area contributed by atoms with Gasteiger partial charge in [0.2, 0.25) is 0 Å². The number of hydrogen-bond acceptors (Lipinski definition) is 2. The van der Waals surface area contributed by atoms with Crippen molar-refractivity contribution >= 4 is 17.6 Å². The number of amides is 3. The van der Waals surface area contributed by atoms with E-state index in [1.54, 1.807) is 12.1 Å². The maximum Gasteiger partial charge on any atom is 0.320 e. The number of piperidine rings is 1. The van der Waals surface area contributed by atoms with Crippen LogP contribution in [0.2, 0.25) is 0 Å². The van der Waals surface area contributed by atoms with Crippen molar-refractivity contribution in [3.05, 3.63) is 30.1 Å². The average Bonchev–Trinajstić information content (AvgIpc) is 2.64. The summed E-state index contributed by atoms with van der Waals surface area (Å²) >= 11 is 0. The highest BCUT2D eigenvalue weighted by Gasteiger charge is 2.28. The molecule has 0 bridgehead atoms. The second kappa shape index (κ2) is 8.29. The molecule has 2 fully saturated rings. The Labute approximate surface area is 147 Å². The van der Waals surface area contributed by atoms with Gasteiger partial charge in [-0.25, -0.2) is 9.18 Å². The first kappa shape index (κ1) is 17.7. The van der Waals surface area contributed by atoms with Crippen LogP contribution in [0.3, 0.4) is 0 Å². The molecule has 0 radical (unpaired) electrons. The van der Waals surface area contributed by atoms with Gasteiger partial charge in [-0.3, -0.25) is 4.79 Å². The van der Waals surface area contributed by atoms with Gasteiger partial charge in [-0.1, -0.05) is 0 Å². The van der Waals surface area contributed by atoms with Crippen LogP contribution in [0.15, 0.2) is 24.3 Å². The van der Waals surface area contributed by atoms with Gasteiger partial charge in [0.1, 0.15) is 5.82 Å². The van der Waals surface area contributed by atoms with Crippen LogP contribution in [-0.2, 0) is 4.79 Å². The number of urea groups is 1. The van der Waals surface area contributed by atoms with Crippen molar-refractivity contribution in [3.63, 3.8) is 0 Å². The Kier molecular flexibility index (Phi) is 5.86. The number of anilines is 1. The second-order valence-corrected chi connectivity index (χ2v) is 6.80. The van der Waals surface area contributed by atoms with Crippen LogP contribution >= 0.6 is 0 Å². The summed E-state index contributed by atoms with van der Waals surface area (Å²) in [5.74, 6) is -0.407. The Hall–Kier alpha value is -2.15. The number of benzene rings is 1. The summed E-state index contributed by atoms with van der Waals surface area (Å²) in [4.78, 5) is 29.6. The molecule has 0 aromatic heterocycles. The van der Waals surface area contributed by atoms with E-state index in [0.717, 1.165) is 39.0 Å². The minimum absolute atomic E-state index is 0.0857. The zero-order valence-electron chi connectivity index (χ0n) is 14.5. The number of hydrogen-bond donors (Lipinski definition) is 2. The second-order valence-electron chi connectivity index (χ2n) is 6.80. The lowest BCUT2D eigenvalue weighted by atomic mass is 10.1. The molecule has 0 spiro atoms. The van der Waals surface area contributed by atoms with Crippen LogP contribution in [0.25, 0.3) is 0 Å². The van der Waals surface area contributed by atoms with E-state index >= 15 is 0 Å². The molecule has 2 aliphatic heterocycles. The number of rotatable bonds is 3. The molecule has 2 heterocycles. The fourth-order valence-corrected chi connectivity index (χ4v) is 3.44. The van der Waals surface area contributed by atoms with Crippen LogP contribution in [-0.4, -0.2) is 67.6 Å². The zero-order valence-corrected chi connectivity index (χ0v) is 14.5. The molecule has 2 aliphatic rings. The molecule has 0 aliphatic carbocycles. The van der Waals surface area contributed by atoms with E-state index in [1.165, 1.54) is 23.5 Å². The Bertz CT molecular complexity index is 594. The summed E-state index contributed by atoms with van der Waals surface area (Å²) < 4.78 is 12.9. The number of halogens is 1. The van der Waals surface area contributed by atoms with E-state index < -0.39 is 0 Å². The van der Waals surface area contributed by atoms with Gasteiger partial charge in [0, 0.05) is 18.8 Å². The van der Waals surface area contributed by atoms with Crippen molar-refractivity contribution in [3.8, 4) is 0 Å². The van der Waals surface area contributed by atoms with Crippen LogP contribution in [0.5, 0.6) is 0 Å². The SMILES string of the molecule is O=C(C[NH+]1CCN(C(=O)N2CCCCC2)CC1)Nc1ccc(F)cc1. The third-order valence-electron chi connectivity index (χ3n) is 4.91. The smallest absolute Gasteiger partial charge is 0.320 e. The topological polar surface area (TPSA) is 57.1 Å². The monoisotopic (exact) mass is 349 g/mol. The highest BCUT2D eigenvalue weighted by Crippen LogP contribution is 2.11. The predicted molar refractivity (Wildman–Crippen MR) is 93.0 cm³/mol. The van der Waals surface area contributed by atoms with Crippen molar-refractivity contribution < 1.29 is 18.9 Å². The summed E-state index contributed by atoms with van der Waals surface area (Å²) in [7, 11) is 0. The molecule has 0 saturated carbocycles. The highest BCUT2D eigenvalue weighted by molar-refractivity contribution is 5.91. The van der Waals surface area contributed by atoms with Gasteiger partial charge in [-0.2, -0.15) is 0 Å². The molecule has 7 heteroatoms. The molecule has 2 N–H and O–H groups in total. The molecule has 6 nitrogen and oxygen atoms in total. The third-order valence-corrected chi connectivity index (χ3v) is 4.91. The van der Waals surface area contributed by atoms with E-state index in [1.807, 2.05) is 9.80 Å². The normalized spacial score (nSPS) is 18.9. The molecule has 3 rings (SSSR count). The lowest BCUT2D eigenvalue weighted by Crippen LogP contribution is -3.15. The van der Waals surface area contributed by atoms with E-state index in [0.29, 0.717) is 25.3 Å². The van der Waals surface area contributed by atoms with E-state index in [2.05, 4.69) is 5.32 Å². The number of nitrogens with zero attached hydrogens (tertiary/aromatic N) is 2. The van der Waals surface area contributed by atoms with Crippen LogP contribution in [0, 0.1) is 5.82 Å². The molecule has 0 unspecified atom stereocenters. The van der Waals surface area contributed by atoms with E-state index in [9.17, 15) is 14.0 Å². The molecule has 2 saturated heterocycles. The van der Waals surface area contributed by atoms with Gasteiger partial charge >= 0.3 is 6.03 Å². The Balaban J connectivity index is 1.41. The summed E-state index contributed by atoms with van der Waals surface area (Å²) in [6.07, 6.45) is 3.41. The molecule has 136 valence electrons. The van der Waals surface area contributed by atoms with Crippen LogP contribution < -0.4 is 10.2 Å². The van der Waals surface area contributed by atoms with Gasteiger partial charge in [0.25, 0.3) is 5.91 Å². The largest absolute Gasteiger partial charge is 0.325 e. The fourth-order valence-electron chi connectivity index (χ4n) is 3.44. The number of piperazine rings is 1. The van der Waals surface area contributed by atoms with Crippen molar-refractivity contribution in [1.82, 2.24) is 9.80 Å². The number of carbonyl (C=O) groups excluding carboxylic acids is 2. The number of nitrogens with one attached hydrogen (secondary N) is 2. The predicted octanol–water partition coefficient (Wildman–Crippen LogP) is 0.571. The first-order valence-electron chi connectivity index (χ1n) is 9.04. The molecule has 1 aromatic rings. The van der Waals surface area contributed by atoms with E-state index in [-0.39, 0.29) is 17.8 Å². The van der Waals surface area contributed by atoms with Crippen molar-refractivity contribution in [1.29, 1.82) is 0 Å². The van der Waals surface area contributed by atoms with Gasteiger partial charge in [-0.15, -0.1) is 0 Å². The minimum atomic E-state index is -0.321. The first-order valence-corrected chi connectivity index (χ1v) is 9.04. The van der Waals surface area contributed by atoms with Gasteiger partial charge in [0.15, 0.2) is 6.54 Å². The molecule has 25 heavy (non-hydrogen) atoms. The standard InChI is InChI=1S/C18H25FN4O2/c19-15-4-6-16(7-5-15)20-17(24)14-21-10-12-23(13-11-21)18(25)22-8-2-1-3-9-22/h4-7H,1-3,8-14H2,(H,20,24)/p+1. The summed E-state index contributed by atoms with van der Waals surface area (Å²) in [5.41, 5.74) is 0.602. The summed E-state index contributed by atoms with van der Waals surface area (Å²) in [6.45, 7) is 5.02. The molecule has 3 amide bonds. The molecule has 0 atom stereocenters. The average molecular weight is 349 g/mol. The number of likely N-dealkylation sites (tertiary alicyclic amines) is 1. The van der Waals surface area contributed by atoms with Crippen molar-refractivity contribution in [2.45, 2.75) is 19.3 Å². The Morgan fingerprint density at radius 3 is 2.20 bits per heavy atom. The molecular formula is C18H26FN4O2+. The minimum Gasteiger partial charge on any atom is -0.325 e. The van der Waals surface area contributed by atoms with Crippen molar-refractivity contribution in [2.24, 2.45) is 0 Å². The Morgan fingerprint density at radius 1 is 0.960 bits per heavy atom. The lowest BCUT2D eigenvalue weighted by molar-refractivity contribution is -0.895. The summed E-state index contributed by atoms with van der Waals surface area (Å²) in [5, 5.41) is 2.79. The maximum absolute atomic E-state index is 12.9. The maximum atomic E-state index is 12.9. The number of carbonyl (C=O) groups is 2. The van der Waals surface area contributed by atoms with Crippen molar-refractivity contribution in [2.75, 3.05) is 51.1 Å². The quantitative estimate of drug-likeness (QED) is 0.838. The highest BCUT2D eigenvalue weighted by atomic mass is 19.1. The Morgan fingerprint density at radius 2 is 1.56 bits per heavy atom. The van der Waals surface area contributed by atoms with E-state index in [4.69, 9.17) is 0 Å². The van der Waals surface area contributed by atoms with Gasteiger partial charge in [0.05, 0.1) is 26.2 Å². The van der Waals surface area contributed by atoms with Gasteiger partial charge < -0.3 is 20.0 Å². The van der Waals surface area contributed by atoms with Crippen LogP contribution in [0.4, 0.5) is 14.9 Å². The fraction of sp³-hybridized carbons (Fsp3) is 0.556. The third kappa shape index (κ3) is 4.92. The first-order chi connectivity index (χ1) is 12.1. The molecule has 1 aromatic carbocycles. The molecular weight excluding hydrogens is 323 g/mol.